The standard InChI is InChI=1S/C31H48N4O4/c1-9-11-18-37-28-17-16-27(29(32-28)38-19-12-10-2)33(8)25-14-13-15-26(20-25)35-23(3)21-34(22-24(35)4)30(36)39-31(5,6)7/h13-17,20,23-24H,9-12,18-19,21-22H2,1-8H3/t23-,24+. The summed E-state index contributed by atoms with van der Waals surface area (Å²) in [6, 6.07) is 12.7. The van der Waals surface area contributed by atoms with Gasteiger partial charge in [0.2, 0.25) is 11.8 Å². The lowest BCUT2D eigenvalue weighted by molar-refractivity contribution is 0.0193. The molecule has 0 aliphatic carbocycles. The van der Waals surface area contributed by atoms with Crippen LogP contribution in [0, 0.1) is 0 Å². The van der Waals surface area contributed by atoms with E-state index in [0.717, 1.165) is 42.7 Å². The van der Waals surface area contributed by atoms with E-state index in [9.17, 15) is 4.79 Å². The van der Waals surface area contributed by atoms with Crippen molar-refractivity contribution in [3.8, 4) is 11.8 Å². The second-order valence-electron chi connectivity index (χ2n) is 11.4. The highest BCUT2D eigenvalue weighted by molar-refractivity contribution is 5.72. The molecule has 2 heterocycles. The monoisotopic (exact) mass is 540 g/mol. The Balaban J connectivity index is 1.81. The van der Waals surface area contributed by atoms with E-state index in [1.807, 2.05) is 44.9 Å². The number of aromatic nitrogens is 1. The van der Waals surface area contributed by atoms with Crippen molar-refractivity contribution in [2.75, 3.05) is 43.2 Å². The molecule has 8 heteroatoms. The molecule has 3 rings (SSSR count). The molecule has 39 heavy (non-hydrogen) atoms. The summed E-state index contributed by atoms with van der Waals surface area (Å²) in [6.45, 7) is 16.8. The third-order valence-electron chi connectivity index (χ3n) is 6.75. The Morgan fingerprint density at radius 2 is 1.64 bits per heavy atom. The van der Waals surface area contributed by atoms with Gasteiger partial charge in [0.1, 0.15) is 11.3 Å². The third-order valence-corrected chi connectivity index (χ3v) is 6.75. The van der Waals surface area contributed by atoms with Crippen LogP contribution in [0.2, 0.25) is 0 Å². The zero-order valence-electron chi connectivity index (χ0n) is 25.2. The molecule has 0 spiro atoms. The Kier molecular flexibility index (Phi) is 10.7. The van der Waals surface area contributed by atoms with Crippen LogP contribution in [0.15, 0.2) is 36.4 Å². The lowest BCUT2D eigenvalue weighted by Crippen LogP contribution is -2.58. The smallest absolute Gasteiger partial charge is 0.410 e. The molecule has 1 amide bonds. The molecule has 1 aromatic carbocycles. The lowest BCUT2D eigenvalue weighted by Gasteiger charge is -2.46. The van der Waals surface area contributed by atoms with Crippen molar-refractivity contribution in [2.45, 2.75) is 91.8 Å². The number of pyridine rings is 1. The van der Waals surface area contributed by atoms with Gasteiger partial charge >= 0.3 is 6.09 Å². The summed E-state index contributed by atoms with van der Waals surface area (Å²) in [5.74, 6) is 1.17. The van der Waals surface area contributed by atoms with Crippen LogP contribution in [0.4, 0.5) is 21.9 Å². The topological polar surface area (TPSA) is 67.4 Å². The zero-order valence-corrected chi connectivity index (χ0v) is 25.2. The normalized spacial score (nSPS) is 17.6. The number of anilines is 3. The maximum absolute atomic E-state index is 12.7. The first-order valence-electron chi connectivity index (χ1n) is 14.4. The molecule has 1 aliphatic rings. The number of carbonyl (C=O) groups is 1. The van der Waals surface area contributed by atoms with Crippen LogP contribution in [0.1, 0.15) is 74.1 Å². The second-order valence-corrected chi connectivity index (χ2v) is 11.4. The number of carbonyl (C=O) groups excluding carboxylic acids is 1. The van der Waals surface area contributed by atoms with Crippen LogP contribution < -0.4 is 19.3 Å². The Morgan fingerprint density at radius 3 is 2.26 bits per heavy atom. The van der Waals surface area contributed by atoms with Crippen LogP contribution >= 0.6 is 0 Å². The van der Waals surface area contributed by atoms with Crippen LogP contribution in [-0.2, 0) is 4.74 Å². The first-order valence-corrected chi connectivity index (χ1v) is 14.4. The Morgan fingerprint density at radius 1 is 1.00 bits per heavy atom. The van der Waals surface area contributed by atoms with E-state index in [1.165, 1.54) is 0 Å². The molecule has 2 atom stereocenters. The summed E-state index contributed by atoms with van der Waals surface area (Å²) in [5.41, 5.74) is 2.53. The molecule has 0 saturated carbocycles. The van der Waals surface area contributed by atoms with Crippen molar-refractivity contribution in [1.82, 2.24) is 9.88 Å². The Bertz CT molecular complexity index is 1060. The van der Waals surface area contributed by atoms with Gasteiger partial charge in [0.25, 0.3) is 0 Å². The number of benzene rings is 1. The average molecular weight is 541 g/mol. The van der Waals surface area contributed by atoms with Gasteiger partial charge in [-0.3, -0.25) is 0 Å². The molecule has 1 fully saturated rings. The number of hydrogen-bond donors (Lipinski definition) is 0. The summed E-state index contributed by atoms with van der Waals surface area (Å²) in [7, 11) is 2.04. The summed E-state index contributed by atoms with van der Waals surface area (Å²) < 4.78 is 17.6. The van der Waals surface area contributed by atoms with Crippen LogP contribution in [0.25, 0.3) is 0 Å². The number of hydrogen-bond acceptors (Lipinski definition) is 7. The number of nitrogens with zero attached hydrogens (tertiary/aromatic N) is 4. The molecule has 0 N–H and O–H groups in total. The second kappa shape index (κ2) is 13.8. The molecule has 1 aliphatic heterocycles. The van der Waals surface area contributed by atoms with Crippen LogP contribution in [-0.4, -0.2) is 67.0 Å². The average Bonchev–Trinajstić information content (AvgIpc) is 2.87. The van der Waals surface area contributed by atoms with E-state index < -0.39 is 5.60 Å². The van der Waals surface area contributed by atoms with Gasteiger partial charge < -0.3 is 28.9 Å². The number of amides is 1. The summed E-state index contributed by atoms with van der Waals surface area (Å²) in [6.07, 6.45) is 3.83. The van der Waals surface area contributed by atoms with Gasteiger partial charge in [0, 0.05) is 49.7 Å². The molecule has 1 aromatic heterocycles. The van der Waals surface area contributed by atoms with Gasteiger partial charge in [-0.2, -0.15) is 4.98 Å². The van der Waals surface area contributed by atoms with Gasteiger partial charge in [0.15, 0.2) is 0 Å². The van der Waals surface area contributed by atoms with E-state index in [-0.39, 0.29) is 18.2 Å². The van der Waals surface area contributed by atoms with Gasteiger partial charge in [-0.25, -0.2) is 4.79 Å². The molecule has 2 aromatic rings. The predicted molar refractivity (Wildman–Crippen MR) is 159 cm³/mol. The van der Waals surface area contributed by atoms with E-state index in [1.54, 1.807) is 0 Å². The molecule has 216 valence electrons. The van der Waals surface area contributed by atoms with Crippen molar-refractivity contribution < 1.29 is 19.0 Å². The van der Waals surface area contributed by atoms with Crippen molar-refractivity contribution in [3.63, 3.8) is 0 Å². The zero-order chi connectivity index (χ0) is 28.6. The van der Waals surface area contributed by atoms with Gasteiger partial charge in [-0.05, 0) is 71.7 Å². The minimum absolute atomic E-state index is 0.135. The quantitative estimate of drug-likeness (QED) is 0.283. The molecular formula is C31H48N4O4. The number of ether oxygens (including phenoxy) is 3. The molecular weight excluding hydrogens is 492 g/mol. The fraction of sp³-hybridized carbons (Fsp3) is 0.613. The van der Waals surface area contributed by atoms with E-state index >= 15 is 0 Å². The minimum Gasteiger partial charge on any atom is -0.478 e. The van der Waals surface area contributed by atoms with Crippen LogP contribution in [0.3, 0.4) is 0 Å². The van der Waals surface area contributed by atoms with Crippen molar-refractivity contribution in [2.24, 2.45) is 0 Å². The molecule has 8 nitrogen and oxygen atoms in total. The lowest BCUT2D eigenvalue weighted by atomic mass is 10.1. The predicted octanol–water partition coefficient (Wildman–Crippen LogP) is 7.04. The highest BCUT2D eigenvalue weighted by atomic mass is 16.6. The first-order chi connectivity index (χ1) is 18.5. The third kappa shape index (κ3) is 8.41. The maximum Gasteiger partial charge on any atom is 0.410 e. The van der Waals surface area contributed by atoms with Crippen molar-refractivity contribution in [1.29, 1.82) is 0 Å². The maximum atomic E-state index is 12.7. The minimum atomic E-state index is -0.507. The SMILES string of the molecule is CCCCOc1ccc(N(C)c2cccc(N3[C@H](C)CN(C(=O)OC(C)(C)C)C[C@@H]3C)c2)c(OCCCC)n1. The fourth-order valence-corrected chi connectivity index (χ4v) is 4.80. The Labute approximate surface area is 235 Å². The first kappa shape index (κ1) is 30.4. The highest BCUT2D eigenvalue weighted by Crippen LogP contribution is 2.36. The number of unbranched alkanes of at least 4 members (excludes halogenated alkanes) is 2. The highest BCUT2D eigenvalue weighted by Gasteiger charge is 2.34. The summed E-state index contributed by atoms with van der Waals surface area (Å²) >= 11 is 0. The van der Waals surface area contributed by atoms with Crippen molar-refractivity contribution >= 4 is 23.2 Å². The largest absolute Gasteiger partial charge is 0.478 e. The van der Waals surface area contributed by atoms with E-state index in [0.29, 0.717) is 38.1 Å². The van der Waals surface area contributed by atoms with Gasteiger partial charge in [-0.15, -0.1) is 0 Å². The number of piperazine rings is 1. The van der Waals surface area contributed by atoms with Crippen LogP contribution in [0.5, 0.6) is 11.8 Å². The van der Waals surface area contributed by atoms with Gasteiger partial charge in [0.05, 0.1) is 13.2 Å². The molecule has 0 radical (unpaired) electrons. The molecule has 0 bridgehead atoms. The Hall–Kier alpha value is -3.16. The van der Waals surface area contributed by atoms with Crippen molar-refractivity contribution in [3.05, 3.63) is 36.4 Å². The van der Waals surface area contributed by atoms with E-state index in [4.69, 9.17) is 19.2 Å². The van der Waals surface area contributed by atoms with Gasteiger partial charge in [-0.1, -0.05) is 32.8 Å². The van der Waals surface area contributed by atoms with E-state index in [2.05, 4.69) is 61.8 Å². The summed E-state index contributed by atoms with van der Waals surface area (Å²) in [4.78, 5) is 23.7. The summed E-state index contributed by atoms with van der Waals surface area (Å²) in [5, 5.41) is 0. The molecule has 0 unspecified atom stereocenters. The fourth-order valence-electron chi connectivity index (χ4n) is 4.80. The number of rotatable bonds is 11. The molecule has 1 saturated heterocycles.